The summed E-state index contributed by atoms with van der Waals surface area (Å²) in [7, 11) is 4.88. The fourth-order valence-corrected chi connectivity index (χ4v) is 3.94. The van der Waals surface area contributed by atoms with Gasteiger partial charge in [0.15, 0.2) is 0 Å². The number of rotatable bonds is 7. The van der Waals surface area contributed by atoms with E-state index in [4.69, 9.17) is 11.1 Å². The third kappa shape index (κ3) is 4.35. The quantitative estimate of drug-likeness (QED) is 0.430. The fraction of sp³-hybridized carbons (Fsp3) is 0.571. The zero-order valence-corrected chi connectivity index (χ0v) is 14.7. The van der Waals surface area contributed by atoms with Crippen molar-refractivity contribution in [2.45, 2.75) is 33.6 Å². The lowest BCUT2D eigenvalue weighted by molar-refractivity contribution is 0.428. The van der Waals surface area contributed by atoms with E-state index < -0.39 is 0 Å². The summed E-state index contributed by atoms with van der Waals surface area (Å²) in [5, 5.41) is 7.13. The van der Waals surface area contributed by atoms with Crippen LogP contribution in [-0.2, 0) is 0 Å². The standard InChI is InChI=1S/C14H25N4PS/c1-5-11(18(4)6-2)12(13(16)17-8-15)20-14(19)10-7-9(10)3/h8-9H,5-7,19H2,1-4H3,(H3,15,16,17). The van der Waals surface area contributed by atoms with Gasteiger partial charge in [0.2, 0.25) is 0 Å². The summed E-state index contributed by atoms with van der Waals surface area (Å²) in [6.07, 6.45) is 3.07. The van der Waals surface area contributed by atoms with Crippen LogP contribution in [0.15, 0.2) is 25.8 Å². The van der Waals surface area contributed by atoms with Crippen molar-refractivity contribution in [3.63, 3.8) is 0 Å². The van der Waals surface area contributed by atoms with Crippen LogP contribution >= 0.6 is 21.0 Å². The summed E-state index contributed by atoms with van der Waals surface area (Å²) in [6.45, 7) is 7.39. The van der Waals surface area contributed by atoms with Crippen molar-refractivity contribution in [3.05, 3.63) is 20.8 Å². The maximum atomic E-state index is 7.13. The third-order valence-electron chi connectivity index (χ3n) is 3.46. The minimum atomic E-state index is 0.427. The lowest BCUT2D eigenvalue weighted by Crippen LogP contribution is -2.23. The summed E-state index contributed by atoms with van der Waals surface area (Å²) in [5.41, 5.74) is 8.72. The van der Waals surface area contributed by atoms with Crippen LogP contribution in [0.25, 0.3) is 0 Å². The van der Waals surface area contributed by atoms with Crippen LogP contribution in [-0.4, -0.2) is 30.7 Å². The fourth-order valence-electron chi connectivity index (χ4n) is 1.97. The predicted octanol–water partition coefficient (Wildman–Crippen LogP) is 3.38. The Hall–Kier alpha value is -0.800. The SMILES string of the molecule is CCC(=C(SC(P)=C1CC1C)C(N)=NC=N)N(C)CC. The molecule has 1 fully saturated rings. The first-order chi connectivity index (χ1) is 9.46. The van der Waals surface area contributed by atoms with Gasteiger partial charge in [0.1, 0.15) is 12.2 Å². The largest absolute Gasteiger partial charge is 0.383 e. The topological polar surface area (TPSA) is 65.5 Å². The van der Waals surface area contributed by atoms with Gasteiger partial charge in [-0.3, -0.25) is 5.41 Å². The summed E-state index contributed by atoms with van der Waals surface area (Å²) in [6, 6.07) is 0. The molecule has 2 unspecified atom stereocenters. The van der Waals surface area contributed by atoms with Crippen LogP contribution in [0.5, 0.6) is 0 Å². The molecule has 0 amide bonds. The number of hydrogen-bond acceptors (Lipinski definition) is 3. The minimum Gasteiger partial charge on any atom is -0.383 e. The second kappa shape index (κ2) is 7.84. The molecule has 0 aromatic heterocycles. The van der Waals surface area contributed by atoms with Gasteiger partial charge < -0.3 is 10.6 Å². The van der Waals surface area contributed by atoms with Gasteiger partial charge in [-0.15, -0.1) is 0 Å². The van der Waals surface area contributed by atoms with Crippen molar-refractivity contribution in [1.29, 1.82) is 5.41 Å². The Kier molecular flexibility index (Phi) is 6.77. The molecule has 20 heavy (non-hydrogen) atoms. The van der Waals surface area contributed by atoms with Gasteiger partial charge in [0.25, 0.3) is 0 Å². The molecule has 1 aliphatic rings. The highest BCUT2D eigenvalue weighted by atomic mass is 32.2. The van der Waals surface area contributed by atoms with E-state index in [1.165, 1.54) is 22.3 Å². The first-order valence-corrected chi connectivity index (χ1v) is 8.28. The first-order valence-electron chi connectivity index (χ1n) is 6.89. The molecule has 0 radical (unpaired) electrons. The molecule has 2 atom stereocenters. The predicted molar refractivity (Wildman–Crippen MR) is 94.1 cm³/mol. The Morgan fingerprint density at radius 3 is 2.60 bits per heavy atom. The smallest absolute Gasteiger partial charge is 0.141 e. The Balaban J connectivity index is 3.17. The summed E-state index contributed by atoms with van der Waals surface area (Å²) in [4.78, 5) is 7.12. The Bertz CT molecular complexity index is 468. The van der Waals surface area contributed by atoms with Gasteiger partial charge in [-0.2, -0.15) is 0 Å². The lowest BCUT2D eigenvalue weighted by Gasteiger charge is -2.23. The van der Waals surface area contributed by atoms with Crippen LogP contribution in [0.4, 0.5) is 0 Å². The van der Waals surface area contributed by atoms with Gasteiger partial charge in [0.05, 0.1) is 4.91 Å². The highest BCUT2D eigenvalue weighted by Gasteiger charge is 2.28. The molecule has 1 aliphatic carbocycles. The maximum absolute atomic E-state index is 7.13. The van der Waals surface area contributed by atoms with Gasteiger partial charge >= 0.3 is 0 Å². The molecule has 1 rings (SSSR count). The van der Waals surface area contributed by atoms with Gasteiger partial charge in [-0.05, 0) is 25.7 Å². The molecular formula is C14H25N4PS. The van der Waals surface area contributed by atoms with Gasteiger partial charge in [-0.1, -0.05) is 40.4 Å². The molecule has 4 nitrogen and oxygen atoms in total. The summed E-state index contributed by atoms with van der Waals surface area (Å²) in [5.74, 6) is 1.11. The lowest BCUT2D eigenvalue weighted by atomic mass is 10.2. The highest BCUT2D eigenvalue weighted by molar-refractivity contribution is 8.11. The normalized spacial score (nSPS) is 22.2. The molecule has 0 saturated heterocycles. The molecule has 112 valence electrons. The Morgan fingerprint density at radius 2 is 2.20 bits per heavy atom. The highest BCUT2D eigenvalue weighted by Crippen LogP contribution is 2.48. The molecular weight excluding hydrogens is 287 g/mol. The minimum absolute atomic E-state index is 0.427. The summed E-state index contributed by atoms with van der Waals surface area (Å²) < 4.78 is 1.24. The monoisotopic (exact) mass is 312 g/mol. The van der Waals surface area contributed by atoms with E-state index in [9.17, 15) is 0 Å². The van der Waals surface area contributed by atoms with Crippen LogP contribution < -0.4 is 5.73 Å². The second-order valence-corrected chi connectivity index (χ2v) is 6.93. The van der Waals surface area contributed by atoms with Crippen molar-refractivity contribution < 1.29 is 0 Å². The van der Waals surface area contributed by atoms with Gasteiger partial charge in [-0.25, -0.2) is 4.99 Å². The van der Waals surface area contributed by atoms with Crippen LogP contribution in [0, 0.1) is 11.3 Å². The van der Waals surface area contributed by atoms with Gasteiger partial charge in [0, 0.05) is 23.9 Å². The average Bonchev–Trinajstić information content (AvgIpc) is 3.15. The first kappa shape index (κ1) is 17.3. The van der Waals surface area contributed by atoms with E-state index in [1.807, 2.05) is 0 Å². The van der Waals surface area contributed by atoms with Crippen molar-refractivity contribution in [2.24, 2.45) is 16.6 Å². The zero-order valence-electron chi connectivity index (χ0n) is 12.7. The number of nitrogens with one attached hydrogen (secondary N) is 1. The maximum Gasteiger partial charge on any atom is 0.141 e. The number of amidine groups is 1. The molecule has 0 aromatic carbocycles. The molecule has 0 bridgehead atoms. The number of nitrogens with two attached hydrogens (primary N) is 1. The number of thioether (sulfide) groups is 1. The second-order valence-electron chi connectivity index (χ2n) is 4.88. The van der Waals surface area contributed by atoms with E-state index in [0.717, 1.165) is 24.2 Å². The van der Waals surface area contributed by atoms with Crippen molar-refractivity contribution in [1.82, 2.24) is 4.90 Å². The molecule has 1 saturated carbocycles. The number of aliphatic imine (C=N–C) groups is 1. The number of allylic oxidation sites excluding steroid dienone is 2. The molecule has 0 heterocycles. The van der Waals surface area contributed by atoms with E-state index in [1.54, 1.807) is 11.8 Å². The Morgan fingerprint density at radius 1 is 1.60 bits per heavy atom. The van der Waals surface area contributed by atoms with Crippen molar-refractivity contribution in [2.75, 3.05) is 13.6 Å². The van der Waals surface area contributed by atoms with E-state index in [-0.39, 0.29) is 0 Å². The van der Waals surface area contributed by atoms with Crippen molar-refractivity contribution >= 4 is 33.2 Å². The van der Waals surface area contributed by atoms with Crippen LogP contribution in [0.1, 0.15) is 33.6 Å². The van der Waals surface area contributed by atoms with Crippen LogP contribution in [0.3, 0.4) is 0 Å². The van der Waals surface area contributed by atoms with E-state index in [0.29, 0.717) is 11.8 Å². The molecule has 0 aliphatic heterocycles. The summed E-state index contributed by atoms with van der Waals surface area (Å²) >= 11 is 1.66. The number of hydrogen-bond donors (Lipinski definition) is 2. The molecule has 0 aromatic rings. The molecule has 3 N–H and O–H groups in total. The van der Waals surface area contributed by atoms with Crippen molar-refractivity contribution in [3.8, 4) is 0 Å². The molecule has 6 heteroatoms. The molecule has 0 spiro atoms. The average molecular weight is 312 g/mol. The zero-order chi connectivity index (χ0) is 15.3. The third-order valence-corrected chi connectivity index (χ3v) is 5.31. The van der Waals surface area contributed by atoms with E-state index in [2.05, 4.69) is 47.0 Å². The van der Waals surface area contributed by atoms with Crippen LogP contribution in [0.2, 0.25) is 0 Å². The van der Waals surface area contributed by atoms with E-state index >= 15 is 0 Å². The Labute approximate surface area is 128 Å². The number of nitrogens with zero attached hydrogens (tertiary/aromatic N) is 2.